The molecule has 0 heterocycles. The zero-order valence-corrected chi connectivity index (χ0v) is 13.7. The Morgan fingerprint density at radius 2 is 1.20 bits per heavy atom. The van der Waals surface area contributed by atoms with Crippen LogP contribution < -0.4 is 0 Å². The molecule has 0 rings (SSSR count). The van der Waals surface area contributed by atoms with Crippen molar-refractivity contribution in [2.75, 3.05) is 13.2 Å². The minimum absolute atomic E-state index is 0.644. The fraction of sp³-hybridized carbons (Fsp3) is 1.00. The van der Waals surface area contributed by atoms with E-state index in [0.717, 1.165) is 25.7 Å². The minimum atomic E-state index is -3.58. The van der Waals surface area contributed by atoms with Gasteiger partial charge in [0, 0.05) is 0 Å². The summed E-state index contributed by atoms with van der Waals surface area (Å²) in [5.41, 5.74) is 0. The molecule has 0 aliphatic rings. The number of rotatable bonds is 10. The number of hydrogen-bond donors (Lipinski definition) is 0. The molecule has 0 unspecified atom stereocenters. The molecule has 0 spiro atoms. The topological polar surface area (TPSA) is 18.5 Å². The van der Waals surface area contributed by atoms with Crippen LogP contribution in [0.3, 0.4) is 0 Å². The van der Waals surface area contributed by atoms with E-state index in [1.165, 1.54) is 12.8 Å². The first-order valence-corrected chi connectivity index (χ1v) is 14.1. The molecule has 0 aliphatic carbocycles. The molecule has 0 aromatic heterocycles. The SMILES string of the molecule is CCCCC[O][Zr]([Cl])([Cl])[O]CCCCC. The van der Waals surface area contributed by atoms with Gasteiger partial charge in [0.15, 0.2) is 0 Å². The Labute approximate surface area is 106 Å². The van der Waals surface area contributed by atoms with Gasteiger partial charge in [0.1, 0.15) is 0 Å². The van der Waals surface area contributed by atoms with E-state index < -0.39 is 18.8 Å². The molecule has 0 bridgehead atoms. The third kappa shape index (κ3) is 11.6. The zero-order valence-electron chi connectivity index (χ0n) is 9.73. The van der Waals surface area contributed by atoms with Crippen LogP contribution in [0.1, 0.15) is 52.4 Å². The molecular weight excluding hydrogens is 314 g/mol. The van der Waals surface area contributed by atoms with Gasteiger partial charge in [-0.05, 0) is 0 Å². The van der Waals surface area contributed by atoms with Gasteiger partial charge in [0.25, 0.3) is 0 Å². The second-order valence-corrected chi connectivity index (χ2v) is 14.3. The van der Waals surface area contributed by atoms with E-state index in [1.54, 1.807) is 0 Å². The van der Waals surface area contributed by atoms with E-state index in [1.807, 2.05) is 0 Å². The molecule has 2 nitrogen and oxygen atoms in total. The van der Waals surface area contributed by atoms with Gasteiger partial charge >= 0.3 is 107 Å². The monoisotopic (exact) mass is 334 g/mol. The summed E-state index contributed by atoms with van der Waals surface area (Å²) in [6.07, 6.45) is 6.71. The Kier molecular flexibility index (Phi) is 11.5. The number of hydrogen-bond acceptors (Lipinski definition) is 2. The van der Waals surface area contributed by atoms with E-state index in [2.05, 4.69) is 13.8 Å². The van der Waals surface area contributed by atoms with Gasteiger partial charge in [-0.3, -0.25) is 0 Å². The van der Waals surface area contributed by atoms with Crippen LogP contribution in [0, 0.1) is 0 Å². The normalized spacial score (nSPS) is 12.0. The predicted molar refractivity (Wildman–Crippen MR) is 62.7 cm³/mol. The van der Waals surface area contributed by atoms with E-state index in [9.17, 15) is 0 Å². The van der Waals surface area contributed by atoms with Crippen molar-refractivity contribution >= 4 is 17.0 Å². The molecule has 0 radical (unpaired) electrons. The Bertz CT molecular complexity index is 131. The molecular formula is C10H22Cl2O2Zr. The Balaban J connectivity index is 3.40. The Hall–Kier alpha value is 1.38. The van der Waals surface area contributed by atoms with Crippen LogP contribution >= 0.6 is 17.0 Å². The second-order valence-electron chi connectivity index (χ2n) is 3.57. The molecule has 15 heavy (non-hydrogen) atoms. The van der Waals surface area contributed by atoms with Crippen LogP contribution in [0.2, 0.25) is 0 Å². The van der Waals surface area contributed by atoms with Crippen LogP contribution in [-0.2, 0) is 24.4 Å². The first-order chi connectivity index (χ1) is 7.12. The van der Waals surface area contributed by atoms with Gasteiger partial charge in [-0.15, -0.1) is 0 Å². The summed E-state index contributed by atoms with van der Waals surface area (Å²) >= 11 is -3.58. The van der Waals surface area contributed by atoms with Crippen molar-refractivity contribution in [3.05, 3.63) is 0 Å². The van der Waals surface area contributed by atoms with E-state index in [4.69, 9.17) is 22.7 Å². The van der Waals surface area contributed by atoms with Gasteiger partial charge in [-0.2, -0.15) is 0 Å². The second kappa shape index (κ2) is 10.5. The van der Waals surface area contributed by atoms with Crippen molar-refractivity contribution in [3.8, 4) is 0 Å². The van der Waals surface area contributed by atoms with Crippen molar-refractivity contribution in [1.82, 2.24) is 0 Å². The van der Waals surface area contributed by atoms with Gasteiger partial charge in [0.2, 0.25) is 0 Å². The third-order valence-electron chi connectivity index (χ3n) is 2.04. The van der Waals surface area contributed by atoms with Gasteiger partial charge in [-0.25, -0.2) is 0 Å². The van der Waals surface area contributed by atoms with Crippen molar-refractivity contribution in [3.63, 3.8) is 0 Å². The number of unbranched alkanes of at least 4 members (excludes halogenated alkanes) is 4. The van der Waals surface area contributed by atoms with Gasteiger partial charge in [-0.1, -0.05) is 0 Å². The molecule has 0 atom stereocenters. The number of halogens is 2. The molecule has 0 aromatic carbocycles. The first-order valence-electron chi connectivity index (χ1n) is 5.78. The van der Waals surface area contributed by atoms with Crippen LogP contribution in [0.25, 0.3) is 0 Å². The third-order valence-corrected chi connectivity index (χ3v) is 7.27. The summed E-state index contributed by atoms with van der Waals surface area (Å²) in [6, 6.07) is 0. The van der Waals surface area contributed by atoms with E-state index in [-0.39, 0.29) is 0 Å². The fourth-order valence-corrected chi connectivity index (χ4v) is 5.04. The molecule has 0 amide bonds. The van der Waals surface area contributed by atoms with E-state index in [0.29, 0.717) is 13.2 Å². The quantitative estimate of drug-likeness (QED) is 0.539. The molecule has 5 heteroatoms. The molecule has 0 aromatic rings. The summed E-state index contributed by atoms with van der Waals surface area (Å²) in [5, 5.41) is 0. The summed E-state index contributed by atoms with van der Waals surface area (Å²) in [6.45, 7) is 5.59. The fourth-order valence-electron chi connectivity index (χ4n) is 1.13. The standard InChI is InChI=1S/2C5H11O.2ClH.Zr/c2*1-2-3-4-5-6;;;/h2*2-5H2,1H3;2*1H;/q2*-1;;;+4/p-2. The van der Waals surface area contributed by atoms with Crippen LogP contribution in [0.5, 0.6) is 0 Å². The summed E-state index contributed by atoms with van der Waals surface area (Å²) in [7, 11) is 12.1. The van der Waals surface area contributed by atoms with Gasteiger partial charge in [0.05, 0.1) is 0 Å². The van der Waals surface area contributed by atoms with E-state index >= 15 is 0 Å². The maximum atomic E-state index is 6.03. The van der Waals surface area contributed by atoms with Crippen LogP contribution in [0.15, 0.2) is 0 Å². The molecule has 0 fully saturated rings. The Morgan fingerprint density at radius 1 is 0.800 bits per heavy atom. The molecule has 92 valence electrons. The van der Waals surface area contributed by atoms with Crippen molar-refractivity contribution in [2.45, 2.75) is 52.4 Å². The van der Waals surface area contributed by atoms with Crippen LogP contribution in [0.4, 0.5) is 0 Å². The van der Waals surface area contributed by atoms with Gasteiger partial charge < -0.3 is 0 Å². The molecule has 0 saturated heterocycles. The Morgan fingerprint density at radius 3 is 1.53 bits per heavy atom. The first kappa shape index (κ1) is 16.4. The van der Waals surface area contributed by atoms with Crippen LogP contribution in [-0.4, -0.2) is 13.2 Å². The summed E-state index contributed by atoms with van der Waals surface area (Å²) in [5.74, 6) is 0. The molecule has 0 N–H and O–H groups in total. The molecule has 0 aliphatic heterocycles. The zero-order chi connectivity index (χ0) is 11.6. The maximum absolute atomic E-state index is 6.03. The predicted octanol–water partition coefficient (Wildman–Crippen LogP) is 4.69. The van der Waals surface area contributed by atoms with Crippen molar-refractivity contribution in [2.24, 2.45) is 0 Å². The average Bonchev–Trinajstić information content (AvgIpc) is 2.20. The van der Waals surface area contributed by atoms with Crippen molar-refractivity contribution in [1.29, 1.82) is 0 Å². The summed E-state index contributed by atoms with van der Waals surface area (Å²) in [4.78, 5) is 0. The average molecular weight is 336 g/mol. The summed E-state index contributed by atoms with van der Waals surface area (Å²) < 4.78 is 10.9. The van der Waals surface area contributed by atoms with Crippen molar-refractivity contribution < 1.29 is 24.4 Å². The molecule has 0 saturated carbocycles.